The van der Waals surface area contributed by atoms with E-state index in [2.05, 4.69) is 28.5 Å². The summed E-state index contributed by atoms with van der Waals surface area (Å²) < 4.78 is 183. The van der Waals surface area contributed by atoms with Gasteiger partial charge in [0, 0.05) is 20.8 Å². The molecular formula is C45H72N4O43S3. The van der Waals surface area contributed by atoms with Crippen LogP contribution >= 0.6 is 0 Å². The lowest BCUT2D eigenvalue weighted by Crippen LogP contribution is -2.71. The normalized spacial score (nSPS) is 41.3. The van der Waals surface area contributed by atoms with Crippen LogP contribution in [-0.4, -0.2) is 358 Å². The minimum atomic E-state index is -5.95. The molecule has 0 aromatic heterocycles. The van der Waals surface area contributed by atoms with Gasteiger partial charge in [-0.3, -0.25) is 28.0 Å². The maximum absolute atomic E-state index is 13.1. The molecule has 6 saturated heterocycles. The Balaban J connectivity index is 1.29. The monoisotopic (exact) mass is 1450 g/mol. The second-order valence-electron chi connectivity index (χ2n) is 21.6. The molecule has 0 aliphatic carbocycles. The van der Waals surface area contributed by atoms with Gasteiger partial charge in [-0.15, -0.1) is 0 Å². The molecule has 50 heteroatoms. The minimum absolute atomic E-state index is 0.0352. The molecule has 3 amide bonds. The zero-order valence-electron chi connectivity index (χ0n) is 49.0. The Labute approximate surface area is 534 Å². The second-order valence-corrected chi connectivity index (χ2v) is 24.7. The number of hydrogen-bond donors (Lipinski definition) is 20. The summed E-state index contributed by atoms with van der Waals surface area (Å²) in [4.78, 5) is 76.0. The molecule has 0 aromatic carbocycles. The molecule has 6 heterocycles. The maximum Gasteiger partial charge on any atom is 0.397 e. The molecule has 6 fully saturated rings. The highest BCUT2D eigenvalue weighted by Crippen LogP contribution is 2.39. The number of aliphatic hydroxyl groups is 10. The van der Waals surface area contributed by atoms with E-state index in [0.29, 0.717) is 0 Å². The molecule has 47 nitrogen and oxygen atoms in total. The van der Waals surface area contributed by atoms with Crippen molar-refractivity contribution in [3.8, 4) is 0 Å². The van der Waals surface area contributed by atoms with Crippen LogP contribution in [0, 0.1) is 0 Å². The van der Waals surface area contributed by atoms with Crippen molar-refractivity contribution in [1.82, 2.24) is 16.0 Å². The Morgan fingerprint density at radius 2 is 0.674 bits per heavy atom. The molecule has 21 N–H and O–H groups in total. The fraction of sp³-hybridized carbons (Fsp3) is 0.867. The number of aliphatic carboxylic acids is 3. The van der Waals surface area contributed by atoms with Crippen molar-refractivity contribution in [3.05, 3.63) is 0 Å². The molecule has 0 aromatic rings. The second kappa shape index (κ2) is 33.1. The van der Waals surface area contributed by atoms with Crippen molar-refractivity contribution in [2.24, 2.45) is 5.73 Å². The number of amides is 3. The van der Waals surface area contributed by atoms with E-state index in [4.69, 9.17) is 62.6 Å². The largest absolute Gasteiger partial charge is 0.479 e. The number of carboxylic acid groups (broad SMARTS) is 3. The summed E-state index contributed by atoms with van der Waals surface area (Å²) in [5.41, 5.74) is 5.44. The first kappa shape index (κ1) is 79.5. The fourth-order valence-corrected chi connectivity index (χ4v) is 12.2. The number of hydrogen-bond acceptors (Lipinski definition) is 38. The molecule has 6 aliphatic heterocycles. The smallest absolute Gasteiger partial charge is 0.397 e. The van der Waals surface area contributed by atoms with Crippen LogP contribution in [-0.2, 0) is 129 Å². The van der Waals surface area contributed by atoms with Crippen molar-refractivity contribution in [1.29, 1.82) is 0 Å². The third-order valence-corrected chi connectivity index (χ3v) is 16.2. The first-order valence-corrected chi connectivity index (χ1v) is 31.8. The van der Waals surface area contributed by atoms with Crippen molar-refractivity contribution < 1.29 is 203 Å². The lowest BCUT2D eigenvalue weighted by Gasteiger charge is -2.50. The van der Waals surface area contributed by atoms with Crippen LogP contribution < -0.4 is 21.7 Å². The molecule has 0 unspecified atom stereocenters. The molecule has 30 atom stereocenters. The number of carboxylic acids is 3. The van der Waals surface area contributed by atoms with E-state index in [0.717, 1.165) is 20.8 Å². The summed E-state index contributed by atoms with van der Waals surface area (Å²) in [6.07, 6.45) is -66.3. The number of nitrogens with two attached hydrogens (primary N) is 1. The minimum Gasteiger partial charge on any atom is -0.479 e. The van der Waals surface area contributed by atoms with Crippen LogP contribution in [0.3, 0.4) is 0 Å². The van der Waals surface area contributed by atoms with Crippen LogP contribution in [0.25, 0.3) is 0 Å². The van der Waals surface area contributed by atoms with Gasteiger partial charge in [0.2, 0.25) is 17.7 Å². The molecule has 0 bridgehead atoms. The molecule has 6 aliphatic rings. The van der Waals surface area contributed by atoms with Crippen molar-refractivity contribution in [2.45, 2.75) is 211 Å². The van der Waals surface area contributed by atoms with Crippen molar-refractivity contribution in [2.75, 3.05) is 33.0 Å². The average Bonchev–Trinajstić information content (AvgIpc) is 0.769. The summed E-state index contributed by atoms with van der Waals surface area (Å²) in [5.74, 6) is -9.49. The standard InChI is InChI=1S/C45H72N4O43S3/c1-10(53)47-16-20(57)19(56)13(7-50)79-40(16)84-29-24(61)32(91-94(72,73)74)44(88-35(29)38(65)66)82-27-15(9-52)81-42(18(22(27)59)49-12(3)55)86-30-25(62)33(92-95(75,76)77)45(89-36(30)39(67)68)83-26-14(8-51)80-41(17(21(26)58)48-11(2)54)85-28-23(60)31(90-93(69,70)71)43(78-6-4-5-46)87-34(28)37(63)64/h13-36,40-45,50-52,56-62H,4-9,46H2,1-3H3,(H,47,53)(H,48,54)(H,49,55)(H,63,64)(H,65,66)(H,67,68)(H,69,70,71)(H,72,73,74)(H,75,76,77)/t13-,14-,15-,16-,17-,18-,19-,20-,21-,22-,23+,24+,25+,26-,27-,28+,29+,30+,31-,32-,33-,34-,35+,36+,40-,41-,42-,43-,44-,45-/m1/s1. The summed E-state index contributed by atoms with van der Waals surface area (Å²) in [7, 11) is -17.3. The number of nitrogens with one attached hydrogen (secondary N) is 3. The summed E-state index contributed by atoms with van der Waals surface area (Å²) >= 11 is 0. The van der Waals surface area contributed by atoms with Crippen LogP contribution in [0.4, 0.5) is 0 Å². The predicted molar refractivity (Wildman–Crippen MR) is 284 cm³/mol. The lowest BCUT2D eigenvalue weighted by molar-refractivity contribution is -0.376. The zero-order chi connectivity index (χ0) is 71.3. The molecule has 6 rings (SSSR count). The number of aliphatic hydroxyl groups excluding tert-OH is 10. The predicted octanol–water partition coefficient (Wildman–Crippen LogP) is -13.5. The highest BCUT2D eigenvalue weighted by molar-refractivity contribution is 7.81. The van der Waals surface area contributed by atoms with Crippen molar-refractivity contribution >= 4 is 66.8 Å². The number of rotatable bonds is 29. The number of ether oxygens (including phenoxy) is 12. The SMILES string of the molecule is CC(=O)N[C@H]1[C@@H](O[C@H]2[C@H](O)[C@@H](OS(=O)(=O)O)[C@H](OCCCN)O[C@H]2C(=O)O)O[C@H](CO)[C@@H](O[C@@H]2O[C@H](C(=O)O)[C@@H](O[C@H]3O[C@H](CO)[C@@H](O[C@@H]4O[C@H](C(=O)O)[C@@H](O[C@H]5O[C@H](CO)[C@@H](O)[C@H](O)[C@H]5NC(C)=O)[C@H](O)[C@H]4OS(=O)(=O)O)[C@H](O)[C@H]3NC(C)=O)[C@H](O)[C@H]2OS(=O)(=O)O)[C@@H]1O. The van der Waals surface area contributed by atoms with E-state index in [1.54, 1.807) is 0 Å². The van der Waals surface area contributed by atoms with Gasteiger partial charge in [-0.1, -0.05) is 0 Å². The van der Waals surface area contributed by atoms with E-state index in [-0.39, 0.29) is 19.6 Å². The molecule has 95 heavy (non-hydrogen) atoms. The van der Waals surface area contributed by atoms with Gasteiger partial charge in [0.25, 0.3) is 0 Å². The van der Waals surface area contributed by atoms with Gasteiger partial charge in [0.05, 0.1) is 26.4 Å². The van der Waals surface area contributed by atoms with E-state index in [1.165, 1.54) is 0 Å². The van der Waals surface area contributed by atoms with Gasteiger partial charge in [-0.25, -0.2) is 26.9 Å². The Morgan fingerprint density at radius 3 is 0.958 bits per heavy atom. The third-order valence-electron chi connectivity index (χ3n) is 14.8. The Morgan fingerprint density at radius 1 is 0.389 bits per heavy atom. The molecule has 0 saturated carbocycles. The van der Waals surface area contributed by atoms with Crippen LogP contribution in [0.15, 0.2) is 0 Å². The van der Waals surface area contributed by atoms with Crippen LogP contribution in [0.5, 0.6) is 0 Å². The van der Waals surface area contributed by atoms with E-state index < -0.39 is 271 Å². The van der Waals surface area contributed by atoms with Gasteiger partial charge >= 0.3 is 49.1 Å². The maximum atomic E-state index is 13.1. The first-order chi connectivity index (χ1) is 44.1. The first-order valence-electron chi connectivity index (χ1n) is 27.7. The molecule has 0 spiro atoms. The molecule has 0 radical (unpaired) electrons. The quantitative estimate of drug-likeness (QED) is 0.0244. The summed E-state index contributed by atoms with van der Waals surface area (Å²) in [6, 6.07) is -6.31. The zero-order valence-corrected chi connectivity index (χ0v) is 51.5. The summed E-state index contributed by atoms with van der Waals surface area (Å²) in [6.45, 7) is -1.82. The Kier molecular flexibility index (Phi) is 27.7. The average molecular weight is 1450 g/mol. The van der Waals surface area contributed by atoms with Gasteiger partial charge in [-0.05, 0) is 13.0 Å². The topological polar surface area (TPSA) is 729 Å². The van der Waals surface area contributed by atoms with Crippen LogP contribution in [0.2, 0.25) is 0 Å². The molecular weight excluding hydrogens is 1380 g/mol. The van der Waals surface area contributed by atoms with Gasteiger partial charge in [0.15, 0.2) is 74.4 Å². The highest BCUT2D eigenvalue weighted by Gasteiger charge is 2.62. The Hall–Kier alpha value is -4.49. The van der Waals surface area contributed by atoms with Crippen LogP contribution in [0.1, 0.15) is 27.2 Å². The van der Waals surface area contributed by atoms with Gasteiger partial charge in [0.1, 0.15) is 110 Å². The highest BCUT2D eigenvalue weighted by atomic mass is 32.3. The number of carbonyl (C=O) groups excluding carboxylic acids is 3. The number of carbonyl (C=O) groups is 6. The molecule has 548 valence electrons. The van der Waals surface area contributed by atoms with Crippen molar-refractivity contribution in [3.63, 3.8) is 0 Å². The lowest BCUT2D eigenvalue weighted by atomic mass is 9.93. The summed E-state index contributed by atoms with van der Waals surface area (Å²) in [5, 5.41) is 148. The van der Waals surface area contributed by atoms with E-state index >= 15 is 0 Å². The van der Waals surface area contributed by atoms with Gasteiger partial charge < -0.3 is 145 Å². The fourth-order valence-electron chi connectivity index (χ4n) is 10.7. The van der Waals surface area contributed by atoms with E-state index in [9.17, 15) is 134 Å². The third kappa shape index (κ3) is 19.9. The van der Waals surface area contributed by atoms with Gasteiger partial charge in [-0.2, -0.15) is 25.3 Å². The van der Waals surface area contributed by atoms with E-state index in [1.807, 2.05) is 0 Å². The Bertz CT molecular complexity index is 3000.